The Balaban J connectivity index is 1.57. The third-order valence-electron chi connectivity index (χ3n) is 5.29. The molecule has 7 nitrogen and oxygen atoms in total. The van der Waals surface area contributed by atoms with Gasteiger partial charge in [-0.15, -0.1) is 11.3 Å². The van der Waals surface area contributed by atoms with Crippen molar-refractivity contribution in [1.29, 1.82) is 0 Å². The zero-order valence-electron chi connectivity index (χ0n) is 16.2. The third kappa shape index (κ3) is 3.50. The first kappa shape index (κ1) is 18.6. The van der Waals surface area contributed by atoms with Gasteiger partial charge in [-0.3, -0.25) is 15.1 Å². The van der Waals surface area contributed by atoms with Gasteiger partial charge in [0.15, 0.2) is 5.82 Å². The first-order valence-corrected chi connectivity index (χ1v) is 10.7. The van der Waals surface area contributed by atoms with E-state index in [-0.39, 0.29) is 10.6 Å². The van der Waals surface area contributed by atoms with E-state index in [1.54, 1.807) is 29.7 Å². The molecule has 0 radical (unpaired) electrons. The number of nitro benzene ring substituents is 1. The van der Waals surface area contributed by atoms with Crippen LogP contribution >= 0.6 is 11.3 Å². The number of fused-ring (bicyclic) bond motifs is 3. The van der Waals surface area contributed by atoms with Gasteiger partial charge < -0.3 is 5.32 Å². The van der Waals surface area contributed by atoms with E-state index in [1.165, 1.54) is 29.3 Å². The van der Waals surface area contributed by atoms with Crippen molar-refractivity contribution in [2.75, 3.05) is 5.32 Å². The predicted molar refractivity (Wildman–Crippen MR) is 118 cm³/mol. The molecule has 0 spiro atoms. The van der Waals surface area contributed by atoms with Crippen LogP contribution in [0.4, 0.5) is 11.5 Å². The van der Waals surface area contributed by atoms with Crippen LogP contribution in [-0.2, 0) is 19.4 Å². The Morgan fingerprint density at radius 3 is 2.83 bits per heavy atom. The molecule has 0 unspecified atom stereocenters. The van der Waals surface area contributed by atoms with E-state index in [0.29, 0.717) is 12.4 Å². The highest BCUT2D eigenvalue weighted by Crippen LogP contribution is 2.39. The van der Waals surface area contributed by atoms with Crippen LogP contribution in [0.3, 0.4) is 0 Å². The van der Waals surface area contributed by atoms with Crippen LogP contribution in [0.15, 0.2) is 48.7 Å². The minimum atomic E-state index is -0.374. The van der Waals surface area contributed by atoms with Crippen molar-refractivity contribution >= 4 is 33.1 Å². The molecule has 0 amide bonds. The number of pyridine rings is 1. The van der Waals surface area contributed by atoms with Crippen LogP contribution in [-0.4, -0.2) is 19.9 Å². The molecule has 4 aromatic rings. The highest BCUT2D eigenvalue weighted by Gasteiger charge is 2.22. The number of thiophene rings is 1. The number of nitrogens with one attached hydrogen (secondary N) is 1. The number of aryl methyl sites for hydroxylation is 2. The van der Waals surface area contributed by atoms with E-state index in [9.17, 15) is 10.1 Å². The van der Waals surface area contributed by atoms with Gasteiger partial charge in [-0.05, 0) is 48.9 Å². The van der Waals surface area contributed by atoms with Crippen molar-refractivity contribution in [3.63, 3.8) is 0 Å². The Morgan fingerprint density at radius 2 is 2.00 bits per heavy atom. The van der Waals surface area contributed by atoms with Crippen LogP contribution in [0.2, 0.25) is 0 Å². The first-order chi connectivity index (χ1) is 14.7. The van der Waals surface area contributed by atoms with Crippen LogP contribution < -0.4 is 5.32 Å². The Bertz CT molecular complexity index is 1240. The molecule has 5 rings (SSSR count). The second-order valence-corrected chi connectivity index (χ2v) is 8.37. The van der Waals surface area contributed by atoms with E-state index < -0.39 is 0 Å². The van der Waals surface area contributed by atoms with Crippen LogP contribution in [0.5, 0.6) is 0 Å². The van der Waals surface area contributed by atoms with E-state index in [2.05, 4.69) is 10.3 Å². The molecule has 3 aromatic heterocycles. The zero-order valence-corrected chi connectivity index (χ0v) is 17.0. The summed E-state index contributed by atoms with van der Waals surface area (Å²) in [6.07, 6.45) is 6.23. The number of non-ortho nitro benzene ring substituents is 1. The zero-order chi connectivity index (χ0) is 20.5. The highest BCUT2D eigenvalue weighted by molar-refractivity contribution is 7.19. The average molecular weight is 417 g/mol. The van der Waals surface area contributed by atoms with E-state index in [0.717, 1.165) is 40.1 Å². The molecule has 150 valence electrons. The van der Waals surface area contributed by atoms with Gasteiger partial charge in [-0.2, -0.15) is 0 Å². The number of nitrogens with zero attached hydrogens (tertiary/aromatic N) is 4. The maximum Gasteiger partial charge on any atom is 0.269 e. The van der Waals surface area contributed by atoms with Crippen LogP contribution in [0.25, 0.3) is 21.7 Å². The first-order valence-electron chi connectivity index (χ1n) is 9.90. The lowest BCUT2D eigenvalue weighted by molar-refractivity contribution is -0.384. The van der Waals surface area contributed by atoms with Gasteiger partial charge in [0, 0.05) is 29.8 Å². The summed E-state index contributed by atoms with van der Waals surface area (Å²) in [5.74, 6) is 1.36. The highest BCUT2D eigenvalue weighted by atomic mass is 32.1. The molecule has 0 fully saturated rings. The summed E-state index contributed by atoms with van der Waals surface area (Å²) in [4.78, 5) is 27.1. The van der Waals surface area contributed by atoms with Gasteiger partial charge in [0.25, 0.3) is 5.69 Å². The molecule has 0 bridgehead atoms. The smallest absolute Gasteiger partial charge is 0.269 e. The van der Waals surface area contributed by atoms with Crippen LogP contribution in [0.1, 0.15) is 28.8 Å². The minimum absolute atomic E-state index is 0.0872. The quantitative estimate of drug-likeness (QED) is 0.356. The standard InChI is InChI=1S/C22H19N5O2S/c28-27(29)15-7-5-6-14(12-15)13-24-21-19-16-8-1-2-10-18(16)30-22(19)26-20(25-21)17-9-3-4-11-23-17/h3-7,9,11-12H,1-2,8,10,13H2,(H,24,25,26). The fourth-order valence-electron chi connectivity index (χ4n) is 3.86. The van der Waals surface area contributed by atoms with E-state index >= 15 is 0 Å². The fraction of sp³-hybridized carbons (Fsp3) is 0.227. The van der Waals surface area contributed by atoms with E-state index in [1.807, 2.05) is 24.3 Å². The van der Waals surface area contributed by atoms with Gasteiger partial charge in [0.1, 0.15) is 16.3 Å². The van der Waals surface area contributed by atoms with Gasteiger partial charge in [0.05, 0.1) is 10.3 Å². The number of nitro groups is 1. The number of hydrogen-bond acceptors (Lipinski definition) is 7. The monoisotopic (exact) mass is 417 g/mol. The summed E-state index contributed by atoms with van der Waals surface area (Å²) in [5.41, 5.74) is 2.99. The predicted octanol–water partition coefficient (Wildman–Crippen LogP) is 5.15. The summed E-state index contributed by atoms with van der Waals surface area (Å²) in [6, 6.07) is 12.4. The number of aromatic nitrogens is 3. The summed E-state index contributed by atoms with van der Waals surface area (Å²) < 4.78 is 0. The molecular weight excluding hydrogens is 398 g/mol. The fourth-order valence-corrected chi connectivity index (χ4v) is 5.12. The molecule has 0 saturated carbocycles. The van der Waals surface area contributed by atoms with Crippen molar-refractivity contribution in [3.8, 4) is 11.5 Å². The summed E-state index contributed by atoms with van der Waals surface area (Å²) in [7, 11) is 0. The maximum absolute atomic E-state index is 11.1. The van der Waals surface area contributed by atoms with Crippen LogP contribution in [0, 0.1) is 10.1 Å². The molecule has 30 heavy (non-hydrogen) atoms. The number of hydrogen-bond donors (Lipinski definition) is 1. The molecule has 3 heterocycles. The lowest BCUT2D eigenvalue weighted by Gasteiger charge is -2.13. The van der Waals surface area contributed by atoms with Crippen molar-refractivity contribution in [1.82, 2.24) is 15.0 Å². The largest absolute Gasteiger partial charge is 0.365 e. The molecule has 0 saturated heterocycles. The Labute approximate surface area is 177 Å². The Kier molecular flexibility index (Phi) is 4.84. The molecule has 1 aromatic carbocycles. The molecular formula is C22H19N5O2S. The lowest BCUT2D eigenvalue weighted by Crippen LogP contribution is -2.06. The van der Waals surface area contributed by atoms with Gasteiger partial charge in [-0.1, -0.05) is 18.2 Å². The molecule has 8 heteroatoms. The third-order valence-corrected chi connectivity index (χ3v) is 6.48. The van der Waals surface area contributed by atoms with Crippen molar-refractivity contribution in [3.05, 3.63) is 74.8 Å². The van der Waals surface area contributed by atoms with Crippen molar-refractivity contribution in [2.24, 2.45) is 0 Å². The number of anilines is 1. The SMILES string of the molecule is O=[N+]([O-])c1cccc(CNc2nc(-c3ccccn3)nc3sc4c(c23)CCCC4)c1. The van der Waals surface area contributed by atoms with Gasteiger partial charge >= 0.3 is 0 Å². The minimum Gasteiger partial charge on any atom is -0.365 e. The average Bonchev–Trinajstić information content (AvgIpc) is 3.17. The summed E-state index contributed by atoms with van der Waals surface area (Å²) >= 11 is 1.74. The van der Waals surface area contributed by atoms with Gasteiger partial charge in [-0.25, -0.2) is 9.97 Å². The number of rotatable bonds is 5. The number of benzene rings is 1. The molecule has 0 atom stereocenters. The molecule has 1 aliphatic carbocycles. The topological polar surface area (TPSA) is 93.8 Å². The van der Waals surface area contributed by atoms with Crippen molar-refractivity contribution in [2.45, 2.75) is 32.2 Å². The summed E-state index contributed by atoms with van der Waals surface area (Å²) in [6.45, 7) is 0.445. The Morgan fingerprint density at radius 1 is 1.10 bits per heavy atom. The normalized spacial score (nSPS) is 13.2. The Hall–Kier alpha value is -3.39. The summed E-state index contributed by atoms with van der Waals surface area (Å²) in [5, 5.41) is 15.6. The molecule has 1 N–H and O–H groups in total. The van der Waals surface area contributed by atoms with Gasteiger partial charge in [0.2, 0.25) is 0 Å². The second-order valence-electron chi connectivity index (χ2n) is 7.28. The second kappa shape index (κ2) is 7.79. The van der Waals surface area contributed by atoms with Crippen molar-refractivity contribution < 1.29 is 4.92 Å². The maximum atomic E-state index is 11.1. The lowest BCUT2D eigenvalue weighted by atomic mass is 9.97. The molecule has 1 aliphatic rings. The van der Waals surface area contributed by atoms with E-state index in [4.69, 9.17) is 9.97 Å². The molecule has 0 aliphatic heterocycles.